The summed E-state index contributed by atoms with van der Waals surface area (Å²) in [5, 5.41) is 20.0. The van der Waals surface area contributed by atoms with Crippen LogP contribution in [0.4, 0.5) is 0 Å². The van der Waals surface area contributed by atoms with Crippen LogP contribution in [0.3, 0.4) is 0 Å². The molecule has 2 aliphatic carbocycles. The van der Waals surface area contributed by atoms with Gasteiger partial charge in [0, 0.05) is 0 Å². The summed E-state index contributed by atoms with van der Waals surface area (Å²) in [6, 6.07) is 7.56. The summed E-state index contributed by atoms with van der Waals surface area (Å²) in [6.07, 6.45) is 4.79. The zero-order chi connectivity index (χ0) is 12.8. The predicted octanol–water partition coefficient (Wildman–Crippen LogP) is 2.56. The fourth-order valence-electron chi connectivity index (χ4n) is 3.27. The molecule has 1 aromatic rings. The molecule has 2 fully saturated rings. The van der Waals surface area contributed by atoms with Crippen molar-refractivity contribution >= 4 is 5.97 Å². The predicted molar refractivity (Wildman–Crippen MR) is 67.4 cm³/mol. The van der Waals surface area contributed by atoms with Crippen molar-refractivity contribution in [3.05, 3.63) is 35.4 Å². The van der Waals surface area contributed by atoms with Gasteiger partial charge in [0.15, 0.2) is 0 Å². The number of carboxylic acid groups (broad SMARTS) is 1. The summed E-state index contributed by atoms with van der Waals surface area (Å²) in [4.78, 5) is 11.7. The third kappa shape index (κ3) is 1.57. The van der Waals surface area contributed by atoms with Crippen LogP contribution in [0, 0.1) is 0 Å². The van der Waals surface area contributed by atoms with E-state index in [0.717, 1.165) is 36.8 Å². The Hall–Kier alpha value is -1.35. The number of aliphatic carboxylic acids is 1. The maximum Gasteiger partial charge on any atom is 0.314 e. The van der Waals surface area contributed by atoms with E-state index in [4.69, 9.17) is 0 Å². The van der Waals surface area contributed by atoms with E-state index in [-0.39, 0.29) is 0 Å². The number of carbonyl (C=O) groups is 1. The van der Waals surface area contributed by atoms with Gasteiger partial charge in [-0.15, -0.1) is 0 Å². The molecule has 0 unspecified atom stereocenters. The van der Waals surface area contributed by atoms with Crippen LogP contribution < -0.4 is 0 Å². The van der Waals surface area contributed by atoms with E-state index in [2.05, 4.69) is 0 Å². The molecular weight excluding hydrogens is 228 g/mol. The Kier molecular flexibility index (Phi) is 2.49. The highest BCUT2D eigenvalue weighted by atomic mass is 16.4. The Balaban J connectivity index is 2.13. The molecule has 3 nitrogen and oxygen atoms in total. The summed E-state index contributed by atoms with van der Waals surface area (Å²) in [5.74, 6) is -0.739. The van der Waals surface area contributed by atoms with Gasteiger partial charge in [0.25, 0.3) is 0 Å². The smallest absolute Gasteiger partial charge is 0.314 e. The molecule has 2 saturated carbocycles. The molecule has 1 aromatic carbocycles. The number of carboxylic acids is 1. The third-order valence-corrected chi connectivity index (χ3v) is 4.53. The van der Waals surface area contributed by atoms with Crippen LogP contribution in [0.25, 0.3) is 0 Å². The second kappa shape index (κ2) is 3.82. The van der Waals surface area contributed by atoms with Gasteiger partial charge in [0.2, 0.25) is 0 Å². The molecule has 0 radical (unpaired) electrons. The zero-order valence-corrected chi connectivity index (χ0v) is 10.4. The first-order valence-corrected chi connectivity index (χ1v) is 6.64. The number of aliphatic hydroxyl groups is 1. The van der Waals surface area contributed by atoms with Gasteiger partial charge in [-0.2, -0.15) is 0 Å². The van der Waals surface area contributed by atoms with E-state index < -0.39 is 17.0 Å². The molecule has 96 valence electrons. The van der Waals surface area contributed by atoms with Gasteiger partial charge in [-0.25, -0.2) is 0 Å². The monoisotopic (exact) mass is 246 g/mol. The lowest BCUT2D eigenvalue weighted by molar-refractivity contribution is -0.143. The number of hydrogen-bond donors (Lipinski definition) is 2. The molecule has 18 heavy (non-hydrogen) atoms. The Labute approximate surface area is 106 Å². The standard InChI is InChI=1S/C15H18O3/c16-13(17)14(7-3-4-8-14)11-5-1-2-6-12(11)15(18)9-10-15/h1-2,5-6,18H,3-4,7-10H2,(H,16,17). The van der Waals surface area contributed by atoms with Crippen LogP contribution in [0.1, 0.15) is 49.7 Å². The van der Waals surface area contributed by atoms with Crippen LogP contribution in [0.15, 0.2) is 24.3 Å². The minimum atomic E-state index is -0.769. The molecule has 3 rings (SSSR count). The van der Waals surface area contributed by atoms with Gasteiger partial charge in [-0.3, -0.25) is 4.79 Å². The molecule has 0 saturated heterocycles. The first kappa shape index (κ1) is 11.7. The van der Waals surface area contributed by atoms with Crippen molar-refractivity contribution in [3.8, 4) is 0 Å². The average Bonchev–Trinajstić information content (AvgIpc) is 2.94. The lowest BCUT2D eigenvalue weighted by Crippen LogP contribution is -2.34. The van der Waals surface area contributed by atoms with Gasteiger partial charge >= 0.3 is 5.97 Å². The minimum absolute atomic E-state index is 0.690. The first-order chi connectivity index (χ1) is 8.58. The van der Waals surface area contributed by atoms with Crippen molar-refractivity contribution in [2.24, 2.45) is 0 Å². The van der Waals surface area contributed by atoms with Crippen LogP contribution in [0.2, 0.25) is 0 Å². The van der Waals surface area contributed by atoms with E-state index >= 15 is 0 Å². The second-order valence-corrected chi connectivity index (χ2v) is 5.67. The maximum absolute atomic E-state index is 11.7. The molecule has 0 spiro atoms. The van der Waals surface area contributed by atoms with Crippen molar-refractivity contribution in [1.29, 1.82) is 0 Å². The second-order valence-electron chi connectivity index (χ2n) is 5.67. The van der Waals surface area contributed by atoms with E-state index in [9.17, 15) is 15.0 Å². The Morgan fingerprint density at radius 2 is 1.56 bits per heavy atom. The number of rotatable bonds is 3. The zero-order valence-electron chi connectivity index (χ0n) is 10.4. The van der Waals surface area contributed by atoms with Gasteiger partial charge < -0.3 is 10.2 Å². The molecule has 2 N–H and O–H groups in total. The molecule has 2 aliphatic rings. The molecule has 0 atom stereocenters. The van der Waals surface area contributed by atoms with Crippen molar-refractivity contribution in [2.45, 2.75) is 49.5 Å². The quantitative estimate of drug-likeness (QED) is 0.861. The fourth-order valence-corrected chi connectivity index (χ4v) is 3.27. The number of hydrogen-bond acceptors (Lipinski definition) is 2. The van der Waals surface area contributed by atoms with Crippen LogP contribution >= 0.6 is 0 Å². The maximum atomic E-state index is 11.7. The fraction of sp³-hybridized carbons (Fsp3) is 0.533. The first-order valence-electron chi connectivity index (χ1n) is 6.64. The molecule has 0 bridgehead atoms. The largest absolute Gasteiger partial charge is 0.481 e. The van der Waals surface area contributed by atoms with Crippen LogP contribution in [-0.2, 0) is 15.8 Å². The normalized spacial score (nSPS) is 23.8. The Morgan fingerprint density at radius 3 is 2.06 bits per heavy atom. The van der Waals surface area contributed by atoms with Crippen molar-refractivity contribution in [3.63, 3.8) is 0 Å². The van der Waals surface area contributed by atoms with Crippen LogP contribution in [0.5, 0.6) is 0 Å². The molecule has 0 aliphatic heterocycles. The lowest BCUT2D eigenvalue weighted by Gasteiger charge is -2.28. The molecule has 0 heterocycles. The van der Waals surface area contributed by atoms with Gasteiger partial charge in [0.05, 0.1) is 11.0 Å². The topological polar surface area (TPSA) is 57.5 Å². The molecular formula is C15H18O3. The van der Waals surface area contributed by atoms with Gasteiger partial charge in [-0.1, -0.05) is 37.1 Å². The van der Waals surface area contributed by atoms with E-state index in [0.29, 0.717) is 12.8 Å². The number of benzene rings is 1. The molecule has 0 aromatic heterocycles. The SMILES string of the molecule is O=C(O)C1(c2ccccc2C2(O)CC2)CCCC1. The Bertz CT molecular complexity index is 482. The summed E-state index contributed by atoms with van der Waals surface area (Å²) in [5.41, 5.74) is 0.153. The molecule has 3 heteroatoms. The highest BCUT2D eigenvalue weighted by Crippen LogP contribution is 2.51. The van der Waals surface area contributed by atoms with Crippen molar-refractivity contribution in [2.75, 3.05) is 0 Å². The van der Waals surface area contributed by atoms with E-state index in [1.54, 1.807) is 0 Å². The van der Waals surface area contributed by atoms with E-state index in [1.807, 2.05) is 24.3 Å². The lowest BCUT2D eigenvalue weighted by atomic mass is 9.75. The highest BCUT2D eigenvalue weighted by Gasteiger charge is 2.50. The Morgan fingerprint density at radius 1 is 1.00 bits per heavy atom. The summed E-state index contributed by atoms with van der Waals surface area (Å²) >= 11 is 0. The van der Waals surface area contributed by atoms with Gasteiger partial charge in [0.1, 0.15) is 0 Å². The van der Waals surface area contributed by atoms with Gasteiger partial charge in [-0.05, 0) is 36.8 Å². The van der Waals surface area contributed by atoms with Crippen molar-refractivity contribution in [1.82, 2.24) is 0 Å². The summed E-state index contributed by atoms with van der Waals surface area (Å²) < 4.78 is 0. The minimum Gasteiger partial charge on any atom is -0.481 e. The molecule has 0 amide bonds. The highest BCUT2D eigenvalue weighted by molar-refractivity contribution is 5.82. The van der Waals surface area contributed by atoms with Crippen LogP contribution in [-0.4, -0.2) is 16.2 Å². The third-order valence-electron chi connectivity index (χ3n) is 4.53. The summed E-state index contributed by atoms with van der Waals surface area (Å²) in [6.45, 7) is 0. The van der Waals surface area contributed by atoms with Crippen molar-refractivity contribution < 1.29 is 15.0 Å². The van der Waals surface area contributed by atoms with E-state index in [1.165, 1.54) is 0 Å². The average molecular weight is 246 g/mol. The summed E-state index contributed by atoms with van der Waals surface area (Å²) in [7, 11) is 0.